The van der Waals surface area contributed by atoms with E-state index in [1.54, 1.807) is 18.0 Å². The van der Waals surface area contributed by atoms with Crippen LogP contribution in [0.4, 0.5) is 4.79 Å². The van der Waals surface area contributed by atoms with E-state index in [4.69, 9.17) is 9.47 Å². The summed E-state index contributed by atoms with van der Waals surface area (Å²) in [4.78, 5) is 53.2. The number of amides is 3. The van der Waals surface area contributed by atoms with Gasteiger partial charge >= 0.3 is 11.8 Å². The lowest BCUT2D eigenvalue weighted by molar-refractivity contribution is -0.177. The Labute approximate surface area is 220 Å². The second-order valence-corrected chi connectivity index (χ2v) is 11.3. The summed E-state index contributed by atoms with van der Waals surface area (Å²) < 4.78 is 14.5. The number of rotatable bonds is 2. The third kappa shape index (κ3) is 5.06. The van der Waals surface area contributed by atoms with Gasteiger partial charge in [-0.05, 0) is 45.4 Å². The number of hydrogen-bond acceptors (Lipinski definition) is 7. The van der Waals surface area contributed by atoms with Gasteiger partial charge in [0.25, 0.3) is 0 Å². The molecule has 1 atom stereocenters. The van der Waals surface area contributed by atoms with Crippen molar-refractivity contribution in [1.82, 2.24) is 24.3 Å². The Balaban J connectivity index is 1.23. The van der Waals surface area contributed by atoms with Crippen LogP contribution in [-0.2, 0) is 26.1 Å². The van der Waals surface area contributed by atoms with Crippen molar-refractivity contribution in [2.75, 3.05) is 39.3 Å². The summed E-state index contributed by atoms with van der Waals surface area (Å²) in [6, 6.07) is 4.75. The number of benzene rings is 1. The molecule has 1 aromatic carbocycles. The minimum atomic E-state index is -0.715. The van der Waals surface area contributed by atoms with Crippen molar-refractivity contribution >= 4 is 28.9 Å². The normalized spacial score (nSPS) is 21.6. The number of nitrogens with zero attached hydrogens (tertiary/aromatic N) is 4. The van der Waals surface area contributed by atoms with Gasteiger partial charge in [-0.3, -0.25) is 28.9 Å². The lowest BCUT2D eigenvalue weighted by atomic mass is 9.92. The average Bonchev–Trinajstić information content (AvgIpc) is 3.07. The predicted octanol–water partition coefficient (Wildman–Crippen LogP) is 0.991. The van der Waals surface area contributed by atoms with E-state index in [2.05, 4.69) is 22.1 Å². The molecule has 11 nitrogen and oxygen atoms in total. The molecule has 3 amide bonds. The molecule has 1 unspecified atom stereocenters. The molecule has 0 bridgehead atoms. The van der Waals surface area contributed by atoms with Gasteiger partial charge in [-0.1, -0.05) is 11.8 Å². The molecular formula is C27H33N5O6. The summed E-state index contributed by atoms with van der Waals surface area (Å²) >= 11 is 0. The molecule has 3 fully saturated rings. The summed E-state index contributed by atoms with van der Waals surface area (Å²) in [7, 11) is 1.66. The zero-order valence-corrected chi connectivity index (χ0v) is 22.2. The largest absolute Gasteiger partial charge is 0.444 e. The number of morpholine rings is 1. The van der Waals surface area contributed by atoms with Crippen LogP contribution in [-0.4, -0.2) is 87.4 Å². The van der Waals surface area contributed by atoms with Crippen LogP contribution < -0.4 is 11.0 Å². The lowest BCUT2D eigenvalue weighted by Crippen LogP contribution is -2.70. The third-order valence-corrected chi connectivity index (χ3v) is 7.07. The molecule has 1 aromatic heterocycles. The molecule has 0 saturated carbocycles. The number of carbonyl (C=O) groups is 3. The highest BCUT2D eigenvalue weighted by atomic mass is 16.6. The Kier molecular flexibility index (Phi) is 6.57. The highest BCUT2D eigenvalue weighted by molar-refractivity contribution is 6.00. The zero-order valence-electron chi connectivity index (χ0n) is 22.2. The molecule has 11 heteroatoms. The van der Waals surface area contributed by atoms with Crippen molar-refractivity contribution in [3.8, 4) is 11.8 Å². The fourth-order valence-electron chi connectivity index (χ4n) is 5.32. The minimum Gasteiger partial charge on any atom is -0.444 e. The Morgan fingerprint density at radius 1 is 1.18 bits per heavy atom. The van der Waals surface area contributed by atoms with Gasteiger partial charge < -0.3 is 14.4 Å². The van der Waals surface area contributed by atoms with E-state index in [9.17, 15) is 19.2 Å². The number of piperidine rings is 1. The highest BCUT2D eigenvalue weighted by Gasteiger charge is 2.48. The number of likely N-dealkylation sites (tertiary alicyclic amines) is 1. The van der Waals surface area contributed by atoms with Gasteiger partial charge in [0.05, 0.1) is 30.7 Å². The monoisotopic (exact) mass is 523 g/mol. The van der Waals surface area contributed by atoms with Gasteiger partial charge in [-0.15, -0.1) is 0 Å². The highest BCUT2D eigenvalue weighted by Crippen LogP contribution is 2.29. The summed E-state index contributed by atoms with van der Waals surface area (Å²) in [5.41, 5.74) is 0.838. The second-order valence-electron chi connectivity index (χ2n) is 11.3. The summed E-state index contributed by atoms with van der Waals surface area (Å²) in [5.74, 6) is 5.58. The molecule has 2 aromatic rings. The van der Waals surface area contributed by atoms with Gasteiger partial charge in [-0.25, -0.2) is 9.59 Å². The number of aryl methyl sites for hydroxylation is 1. The number of aromatic nitrogens is 2. The van der Waals surface area contributed by atoms with E-state index in [1.807, 2.05) is 32.9 Å². The first-order chi connectivity index (χ1) is 17.9. The van der Waals surface area contributed by atoms with Gasteiger partial charge in [0.15, 0.2) is 0 Å². The van der Waals surface area contributed by atoms with Crippen molar-refractivity contribution in [1.29, 1.82) is 0 Å². The molecule has 0 radical (unpaired) electrons. The Hall–Kier alpha value is -3.62. The second kappa shape index (κ2) is 9.60. The molecule has 202 valence electrons. The average molecular weight is 524 g/mol. The SMILES string of the molecule is Cn1c(=O)n(C2CCC(=O)NC2=O)c2ccc(C#CCN3CC4(C3)CN(C(=O)OC(C)(C)C)CCO4)cc21. The molecule has 0 aliphatic carbocycles. The van der Waals surface area contributed by atoms with E-state index in [0.29, 0.717) is 56.8 Å². The number of imide groups is 1. The van der Waals surface area contributed by atoms with E-state index in [-0.39, 0.29) is 29.7 Å². The number of ether oxygens (including phenoxy) is 2. The summed E-state index contributed by atoms with van der Waals surface area (Å²) in [6.07, 6.45) is 0.182. The van der Waals surface area contributed by atoms with Gasteiger partial charge in [0.1, 0.15) is 17.2 Å². The van der Waals surface area contributed by atoms with Crippen LogP contribution in [0.25, 0.3) is 11.0 Å². The van der Waals surface area contributed by atoms with Crippen LogP contribution in [0.1, 0.15) is 45.2 Å². The number of carbonyl (C=O) groups excluding carboxylic acids is 3. The predicted molar refractivity (Wildman–Crippen MR) is 138 cm³/mol. The standard InChI is InChI=1S/C27H33N5O6/c1-26(2,3)38-25(36)31-12-13-37-27(17-31)15-30(16-27)11-5-6-18-7-8-19-21(14-18)29(4)24(35)32(19)20-9-10-22(33)28-23(20)34/h7-8,14,20H,9-13,15-17H2,1-4H3,(H,28,33,34). The van der Waals surface area contributed by atoms with Crippen molar-refractivity contribution in [2.45, 2.75) is 50.9 Å². The third-order valence-electron chi connectivity index (χ3n) is 7.07. The van der Waals surface area contributed by atoms with E-state index in [1.165, 1.54) is 9.13 Å². The lowest BCUT2D eigenvalue weighted by Gasteiger charge is -2.53. The topological polar surface area (TPSA) is 115 Å². The number of nitrogens with one attached hydrogen (secondary N) is 1. The fraction of sp³-hybridized carbons (Fsp3) is 0.556. The van der Waals surface area contributed by atoms with Crippen molar-refractivity contribution in [3.63, 3.8) is 0 Å². The molecule has 3 aliphatic rings. The maximum Gasteiger partial charge on any atom is 0.410 e. The molecule has 3 saturated heterocycles. The maximum atomic E-state index is 12.9. The first kappa shape index (κ1) is 26.0. The van der Waals surface area contributed by atoms with Crippen LogP contribution in [0.5, 0.6) is 0 Å². The summed E-state index contributed by atoms with van der Waals surface area (Å²) in [5, 5.41) is 2.32. The van der Waals surface area contributed by atoms with Crippen LogP contribution in [0.2, 0.25) is 0 Å². The van der Waals surface area contributed by atoms with Crippen molar-refractivity contribution in [2.24, 2.45) is 7.05 Å². The molecule has 4 heterocycles. The first-order valence-corrected chi connectivity index (χ1v) is 12.8. The molecule has 1 spiro atoms. The van der Waals surface area contributed by atoms with Gasteiger partial charge in [-0.2, -0.15) is 0 Å². The van der Waals surface area contributed by atoms with Gasteiger partial charge in [0.2, 0.25) is 11.8 Å². The van der Waals surface area contributed by atoms with Crippen LogP contribution >= 0.6 is 0 Å². The van der Waals surface area contributed by atoms with E-state index >= 15 is 0 Å². The van der Waals surface area contributed by atoms with E-state index < -0.39 is 17.6 Å². The van der Waals surface area contributed by atoms with Crippen LogP contribution in [0, 0.1) is 11.8 Å². The fourth-order valence-corrected chi connectivity index (χ4v) is 5.32. The number of fused-ring (bicyclic) bond motifs is 1. The van der Waals surface area contributed by atoms with Crippen LogP contribution in [0.15, 0.2) is 23.0 Å². The maximum absolute atomic E-state index is 12.9. The molecule has 5 rings (SSSR count). The molecule has 3 aliphatic heterocycles. The Bertz CT molecular complexity index is 1420. The smallest absolute Gasteiger partial charge is 0.410 e. The Morgan fingerprint density at radius 2 is 1.95 bits per heavy atom. The quantitative estimate of drug-likeness (QED) is 0.461. The number of hydrogen-bond donors (Lipinski definition) is 1. The van der Waals surface area contributed by atoms with Gasteiger partial charge in [0, 0.05) is 38.7 Å². The summed E-state index contributed by atoms with van der Waals surface area (Å²) in [6.45, 7) is 8.99. The number of imidazole rings is 1. The Morgan fingerprint density at radius 3 is 2.66 bits per heavy atom. The molecule has 1 N–H and O–H groups in total. The zero-order chi connectivity index (χ0) is 27.2. The van der Waals surface area contributed by atoms with Crippen molar-refractivity contribution in [3.05, 3.63) is 34.2 Å². The first-order valence-electron chi connectivity index (χ1n) is 12.8. The van der Waals surface area contributed by atoms with Crippen LogP contribution in [0.3, 0.4) is 0 Å². The molecule has 38 heavy (non-hydrogen) atoms. The minimum absolute atomic E-state index is 0.199. The molecular weight excluding hydrogens is 490 g/mol. The van der Waals surface area contributed by atoms with Crippen molar-refractivity contribution < 1.29 is 23.9 Å². The van der Waals surface area contributed by atoms with E-state index in [0.717, 1.165) is 5.56 Å².